The van der Waals surface area contributed by atoms with Gasteiger partial charge in [0, 0.05) is 11.1 Å². The zero-order chi connectivity index (χ0) is 15.0. The first-order chi connectivity index (χ1) is 9.95. The summed E-state index contributed by atoms with van der Waals surface area (Å²) in [5.74, 6) is 0.355. The molecule has 4 heteroatoms. The van der Waals surface area contributed by atoms with Gasteiger partial charge in [-0.1, -0.05) is 38.1 Å². The van der Waals surface area contributed by atoms with Crippen LogP contribution in [0.3, 0.4) is 0 Å². The van der Waals surface area contributed by atoms with Crippen LogP contribution in [-0.2, 0) is 18.3 Å². The summed E-state index contributed by atoms with van der Waals surface area (Å²) < 4.78 is 5.23. The predicted molar refractivity (Wildman–Crippen MR) is 81.6 cm³/mol. The number of benzene rings is 1. The molecule has 1 aromatic carbocycles. The molecule has 4 nitrogen and oxygen atoms in total. The van der Waals surface area contributed by atoms with Gasteiger partial charge in [-0.25, -0.2) is 0 Å². The summed E-state index contributed by atoms with van der Waals surface area (Å²) >= 11 is 0. The van der Waals surface area contributed by atoms with Crippen LogP contribution in [-0.4, -0.2) is 11.1 Å². The highest BCUT2D eigenvalue weighted by atomic mass is 16.5. The quantitative estimate of drug-likeness (QED) is 0.914. The number of rotatable bonds is 2. The fourth-order valence-corrected chi connectivity index (χ4v) is 2.62. The Bertz CT molecular complexity index is 663. The second kappa shape index (κ2) is 5.02. The van der Waals surface area contributed by atoms with E-state index >= 15 is 0 Å². The average Bonchev–Trinajstić information content (AvgIpc) is 3.03. The Balaban J connectivity index is 1.76. The highest BCUT2D eigenvalue weighted by molar-refractivity contribution is 6.03. The van der Waals surface area contributed by atoms with Crippen molar-refractivity contribution in [3.8, 4) is 0 Å². The molecule has 1 aliphatic carbocycles. The van der Waals surface area contributed by atoms with E-state index in [9.17, 15) is 4.79 Å². The minimum Gasteiger partial charge on any atom is -0.338 e. The largest absolute Gasteiger partial charge is 0.338 e. The van der Waals surface area contributed by atoms with Gasteiger partial charge in [-0.2, -0.15) is 0 Å². The summed E-state index contributed by atoms with van der Waals surface area (Å²) in [4.78, 5) is 12.3. The lowest BCUT2D eigenvalue weighted by Gasteiger charge is -2.18. The molecule has 0 spiro atoms. The van der Waals surface area contributed by atoms with Crippen molar-refractivity contribution in [2.75, 3.05) is 5.32 Å². The molecule has 0 bridgehead atoms. The zero-order valence-corrected chi connectivity index (χ0v) is 12.7. The number of fused-ring (bicyclic) bond motifs is 1. The fraction of sp³-hybridized carbons (Fsp3) is 0.412. The van der Waals surface area contributed by atoms with Gasteiger partial charge in [-0.15, -0.1) is 0 Å². The van der Waals surface area contributed by atoms with Gasteiger partial charge in [0.1, 0.15) is 0 Å². The number of nitrogens with zero attached hydrogens (tertiary/aromatic N) is 1. The third-order valence-corrected chi connectivity index (χ3v) is 3.95. The number of nitrogens with one attached hydrogen (secondary N) is 1. The molecule has 0 radical (unpaired) electrons. The van der Waals surface area contributed by atoms with Crippen LogP contribution in [0.25, 0.3) is 0 Å². The molecule has 0 atom stereocenters. The molecule has 1 heterocycles. The number of hydrogen-bond donors (Lipinski definition) is 1. The van der Waals surface area contributed by atoms with Crippen LogP contribution in [0.15, 0.2) is 28.8 Å². The summed E-state index contributed by atoms with van der Waals surface area (Å²) in [6.07, 6.45) is 2.95. The molecule has 3 rings (SSSR count). The summed E-state index contributed by atoms with van der Waals surface area (Å²) in [6, 6.07) is 7.71. The van der Waals surface area contributed by atoms with Crippen LogP contribution in [0.2, 0.25) is 0 Å². The number of carbonyl (C=O) groups excluding carboxylic acids is 1. The van der Waals surface area contributed by atoms with Crippen molar-refractivity contribution in [2.45, 2.75) is 45.4 Å². The van der Waals surface area contributed by atoms with E-state index in [2.05, 4.69) is 31.2 Å². The van der Waals surface area contributed by atoms with Gasteiger partial charge in [0.15, 0.2) is 0 Å². The summed E-state index contributed by atoms with van der Waals surface area (Å²) in [6.45, 7) is 6.46. The van der Waals surface area contributed by atoms with E-state index in [4.69, 9.17) is 4.52 Å². The molecular weight excluding hydrogens is 264 g/mol. The summed E-state index contributed by atoms with van der Waals surface area (Å²) in [5.41, 5.74) is 3.95. The average molecular weight is 284 g/mol. The Kier molecular flexibility index (Phi) is 3.32. The molecule has 0 aliphatic heterocycles. The maximum atomic E-state index is 12.3. The molecule has 21 heavy (non-hydrogen) atoms. The molecular formula is C17H20N2O2. The van der Waals surface area contributed by atoms with E-state index in [1.807, 2.05) is 24.3 Å². The normalized spacial score (nSPS) is 14.0. The number of amides is 1. The Hall–Kier alpha value is -2.10. The molecule has 1 aliphatic rings. The first kappa shape index (κ1) is 13.9. The SMILES string of the molecule is CC(C)(C)c1ccc(C(=O)Nc2onc3c2CCC3)cc1. The van der Waals surface area contributed by atoms with Crippen molar-refractivity contribution in [3.05, 3.63) is 46.6 Å². The van der Waals surface area contributed by atoms with Gasteiger partial charge in [-0.05, 0) is 42.4 Å². The lowest BCUT2D eigenvalue weighted by molar-refractivity contribution is 0.102. The molecule has 0 fully saturated rings. The minimum atomic E-state index is -0.152. The van der Waals surface area contributed by atoms with Crippen LogP contribution in [0, 0.1) is 0 Å². The van der Waals surface area contributed by atoms with E-state index in [1.165, 1.54) is 5.56 Å². The third kappa shape index (κ3) is 2.71. The second-order valence-corrected chi connectivity index (χ2v) is 6.57. The highest BCUT2D eigenvalue weighted by Gasteiger charge is 2.22. The number of carbonyl (C=O) groups is 1. The predicted octanol–water partition coefficient (Wildman–Crippen LogP) is 3.71. The molecule has 0 unspecified atom stereocenters. The first-order valence-corrected chi connectivity index (χ1v) is 7.34. The van der Waals surface area contributed by atoms with Crippen molar-refractivity contribution in [1.29, 1.82) is 0 Å². The monoisotopic (exact) mass is 284 g/mol. The number of aryl methyl sites for hydroxylation is 1. The molecule has 1 N–H and O–H groups in total. The van der Waals surface area contributed by atoms with Crippen LogP contribution in [0.5, 0.6) is 0 Å². The Morgan fingerprint density at radius 1 is 1.19 bits per heavy atom. The molecule has 1 amide bonds. The molecule has 1 aromatic heterocycles. The van der Waals surface area contributed by atoms with Crippen LogP contribution < -0.4 is 5.32 Å². The zero-order valence-electron chi connectivity index (χ0n) is 12.7. The maximum absolute atomic E-state index is 12.3. The molecule has 2 aromatic rings. The molecule has 0 saturated heterocycles. The van der Waals surface area contributed by atoms with Crippen molar-refractivity contribution in [1.82, 2.24) is 5.16 Å². The van der Waals surface area contributed by atoms with E-state index < -0.39 is 0 Å². The standard InChI is InChI=1S/C17H20N2O2/c1-17(2,3)12-9-7-11(8-10-12)15(20)18-16-13-5-4-6-14(13)19-21-16/h7-10H,4-6H2,1-3H3,(H,18,20). The topological polar surface area (TPSA) is 55.1 Å². The number of aromatic nitrogens is 1. The van der Waals surface area contributed by atoms with Gasteiger partial charge < -0.3 is 4.52 Å². The van der Waals surface area contributed by atoms with Crippen LogP contribution >= 0.6 is 0 Å². The van der Waals surface area contributed by atoms with Gasteiger partial charge >= 0.3 is 0 Å². The number of hydrogen-bond acceptors (Lipinski definition) is 3. The van der Waals surface area contributed by atoms with Gasteiger partial charge in [0.25, 0.3) is 5.91 Å². The number of anilines is 1. The van der Waals surface area contributed by atoms with Crippen LogP contribution in [0.1, 0.15) is 54.4 Å². The van der Waals surface area contributed by atoms with Gasteiger partial charge in [-0.3, -0.25) is 10.1 Å². The Labute approximate surface area is 124 Å². The molecule has 110 valence electrons. The van der Waals surface area contributed by atoms with E-state index in [1.54, 1.807) is 0 Å². The second-order valence-electron chi connectivity index (χ2n) is 6.57. The summed E-state index contributed by atoms with van der Waals surface area (Å²) in [7, 11) is 0. The minimum absolute atomic E-state index is 0.0841. The molecule has 0 saturated carbocycles. The van der Waals surface area contributed by atoms with Crippen molar-refractivity contribution in [2.24, 2.45) is 0 Å². The first-order valence-electron chi connectivity index (χ1n) is 7.34. The lowest BCUT2D eigenvalue weighted by atomic mass is 9.87. The smallest absolute Gasteiger partial charge is 0.258 e. The van der Waals surface area contributed by atoms with Crippen LogP contribution in [0.4, 0.5) is 5.88 Å². The van der Waals surface area contributed by atoms with E-state index in [-0.39, 0.29) is 11.3 Å². The van der Waals surface area contributed by atoms with Crippen molar-refractivity contribution < 1.29 is 9.32 Å². The van der Waals surface area contributed by atoms with Crippen molar-refractivity contribution in [3.63, 3.8) is 0 Å². The third-order valence-electron chi connectivity index (χ3n) is 3.95. The van der Waals surface area contributed by atoms with Gasteiger partial charge in [0.2, 0.25) is 5.88 Å². The van der Waals surface area contributed by atoms with E-state index in [0.29, 0.717) is 11.4 Å². The highest BCUT2D eigenvalue weighted by Crippen LogP contribution is 2.29. The fourth-order valence-electron chi connectivity index (χ4n) is 2.62. The Morgan fingerprint density at radius 2 is 1.90 bits per heavy atom. The Morgan fingerprint density at radius 3 is 2.57 bits per heavy atom. The summed E-state index contributed by atoms with van der Waals surface area (Å²) in [5, 5.41) is 6.83. The van der Waals surface area contributed by atoms with Crippen molar-refractivity contribution >= 4 is 11.8 Å². The lowest BCUT2D eigenvalue weighted by Crippen LogP contribution is -2.14. The van der Waals surface area contributed by atoms with E-state index in [0.717, 1.165) is 30.5 Å². The van der Waals surface area contributed by atoms with Gasteiger partial charge in [0.05, 0.1) is 5.69 Å². The maximum Gasteiger partial charge on any atom is 0.258 e.